The maximum absolute atomic E-state index is 12.0. The molecule has 1 aliphatic rings. The van der Waals surface area contributed by atoms with Crippen LogP contribution in [0, 0.1) is 0 Å². The fraction of sp³-hybridized carbons (Fsp3) is 0.480. The number of carbonyl (C=O) groups is 1. The van der Waals surface area contributed by atoms with Crippen LogP contribution in [-0.4, -0.2) is 63.9 Å². The van der Waals surface area contributed by atoms with Gasteiger partial charge in [0.25, 0.3) is 0 Å². The highest BCUT2D eigenvalue weighted by atomic mass is 16.6. The first-order valence-electron chi connectivity index (χ1n) is 11.1. The maximum atomic E-state index is 12.0. The Balaban J connectivity index is 1.85. The van der Waals surface area contributed by atoms with E-state index in [-0.39, 0.29) is 19.8 Å². The minimum absolute atomic E-state index is 0.105. The Kier molecular flexibility index (Phi) is 9.21. The predicted octanol–water partition coefficient (Wildman–Crippen LogP) is 3.66. The molecule has 0 radical (unpaired) electrons. The topological polar surface area (TPSA) is 81.7 Å². The summed E-state index contributed by atoms with van der Waals surface area (Å²) in [5.74, 6) is 1.86. The summed E-state index contributed by atoms with van der Waals surface area (Å²) in [6.07, 6.45) is -0.506. The number of carbonyl (C=O) groups excluding carboxylic acids is 1. The lowest BCUT2D eigenvalue weighted by molar-refractivity contribution is -0.164. The number of esters is 1. The van der Waals surface area contributed by atoms with E-state index in [1.807, 2.05) is 62.4 Å². The van der Waals surface area contributed by atoms with E-state index in [1.165, 1.54) is 0 Å². The van der Waals surface area contributed by atoms with Crippen LogP contribution in [0.15, 0.2) is 48.5 Å². The van der Waals surface area contributed by atoms with Gasteiger partial charge in [-0.15, -0.1) is 0 Å². The third kappa shape index (κ3) is 7.27. The van der Waals surface area contributed by atoms with Crippen molar-refractivity contribution < 1.29 is 38.0 Å². The van der Waals surface area contributed by atoms with Crippen LogP contribution in [0.5, 0.6) is 23.0 Å². The van der Waals surface area contributed by atoms with Crippen molar-refractivity contribution >= 4 is 5.97 Å². The van der Waals surface area contributed by atoms with Gasteiger partial charge in [-0.25, -0.2) is 4.79 Å². The molecule has 0 aliphatic carbocycles. The van der Waals surface area contributed by atoms with Crippen molar-refractivity contribution in [1.29, 1.82) is 0 Å². The van der Waals surface area contributed by atoms with Crippen molar-refractivity contribution in [3.8, 4) is 23.0 Å². The van der Waals surface area contributed by atoms with Gasteiger partial charge in [0.1, 0.15) is 38.1 Å². The maximum Gasteiger partial charge on any atom is 0.332 e. The van der Waals surface area contributed by atoms with Gasteiger partial charge >= 0.3 is 5.97 Å². The first-order chi connectivity index (χ1) is 16.0. The highest BCUT2D eigenvalue weighted by Gasteiger charge is 2.37. The van der Waals surface area contributed by atoms with Crippen LogP contribution in [-0.2, 0) is 19.0 Å². The van der Waals surface area contributed by atoms with E-state index in [4.69, 9.17) is 33.2 Å². The molecule has 0 amide bonds. The lowest BCUT2D eigenvalue weighted by atomic mass is 10.0. The Morgan fingerprint density at radius 2 is 1.45 bits per heavy atom. The third-order valence-corrected chi connectivity index (χ3v) is 5.17. The standard InChI is InChI=1S/C25H32O8/c1-4-28-24(26)17-32-25(3)18-31-21-10-6-5-9-20(21)29-15-13-27-14-16-30-22-11-7-8-12-23(22)33-19(25)2/h5-12,19H,4,13-18H2,1-3H3/t19-,25-/m1/s1. The van der Waals surface area contributed by atoms with Gasteiger partial charge in [-0.1, -0.05) is 24.3 Å². The largest absolute Gasteiger partial charge is 0.487 e. The molecule has 8 heteroatoms. The van der Waals surface area contributed by atoms with Crippen molar-refractivity contribution in [3.05, 3.63) is 48.5 Å². The summed E-state index contributed by atoms with van der Waals surface area (Å²) in [6, 6.07) is 14.8. The first kappa shape index (κ1) is 24.7. The smallest absolute Gasteiger partial charge is 0.332 e. The van der Waals surface area contributed by atoms with Crippen LogP contribution in [0.1, 0.15) is 20.8 Å². The zero-order chi connectivity index (χ0) is 23.5. The van der Waals surface area contributed by atoms with Crippen LogP contribution >= 0.6 is 0 Å². The second-order valence-corrected chi connectivity index (χ2v) is 7.66. The van der Waals surface area contributed by atoms with Gasteiger partial charge in [-0.3, -0.25) is 0 Å². The molecule has 0 saturated carbocycles. The quantitative estimate of drug-likeness (QED) is 0.640. The highest BCUT2D eigenvalue weighted by molar-refractivity contribution is 5.70. The summed E-state index contributed by atoms with van der Waals surface area (Å²) in [6.45, 7) is 7.15. The van der Waals surface area contributed by atoms with Crippen LogP contribution in [0.4, 0.5) is 0 Å². The lowest BCUT2D eigenvalue weighted by Gasteiger charge is -2.35. The number of hydrogen-bond donors (Lipinski definition) is 0. The van der Waals surface area contributed by atoms with Crippen molar-refractivity contribution in [3.63, 3.8) is 0 Å². The Morgan fingerprint density at radius 1 is 0.909 bits per heavy atom. The van der Waals surface area contributed by atoms with E-state index in [0.29, 0.717) is 49.4 Å². The molecule has 3 rings (SSSR count). The molecule has 0 N–H and O–H groups in total. The molecule has 0 bridgehead atoms. The average Bonchev–Trinajstić information content (AvgIpc) is 2.82. The Labute approximate surface area is 194 Å². The lowest BCUT2D eigenvalue weighted by Crippen LogP contribution is -2.49. The number of hydrogen-bond acceptors (Lipinski definition) is 8. The molecule has 2 atom stereocenters. The summed E-state index contributed by atoms with van der Waals surface area (Å²) < 4.78 is 40.7. The highest BCUT2D eigenvalue weighted by Crippen LogP contribution is 2.32. The van der Waals surface area contributed by atoms with Gasteiger partial charge in [0.05, 0.1) is 19.8 Å². The molecule has 1 heterocycles. The summed E-state index contributed by atoms with van der Waals surface area (Å²) in [4.78, 5) is 12.0. The molecule has 0 fully saturated rings. The van der Waals surface area contributed by atoms with E-state index < -0.39 is 17.7 Å². The summed E-state index contributed by atoms with van der Waals surface area (Å²) in [5.41, 5.74) is -0.993. The molecule has 33 heavy (non-hydrogen) atoms. The molecular weight excluding hydrogens is 428 g/mol. The fourth-order valence-corrected chi connectivity index (χ4v) is 3.12. The molecule has 8 nitrogen and oxygen atoms in total. The molecule has 2 aromatic rings. The molecule has 1 aliphatic heterocycles. The van der Waals surface area contributed by atoms with E-state index in [1.54, 1.807) is 6.92 Å². The zero-order valence-electron chi connectivity index (χ0n) is 19.4. The van der Waals surface area contributed by atoms with Crippen molar-refractivity contribution in [2.75, 3.05) is 46.2 Å². The molecule has 0 aromatic heterocycles. The normalized spacial score (nSPS) is 21.7. The van der Waals surface area contributed by atoms with Crippen LogP contribution < -0.4 is 18.9 Å². The Bertz CT molecular complexity index is 886. The van der Waals surface area contributed by atoms with Gasteiger partial charge in [0, 0.05) is 0 Å². The van der Waals surface area contributed by atoms with Crippen molar-refractivity contribution in [2.45, 2.75) is 32.5 Å². The number of fused-ring (bicyclic) bond motifs is 2. The average molecular weight is 461 g/mol. The van der Waals surface area contributed by atoms with Gasteiger partial charge in [0.2, 0.25) is 0 Å². The molecular formula is C25H32O8. The van der Waals surface area contributed by atoms with E-state index >= 15 is 0 Å². The second-order valence-electron chi connectivity index (χ2n) is 7.66. The van der Waals surface area contributed by atoms with Gasteiger partial charge in [0.15, 0.2) is 23.0 Å². The summed E-state index contributed by atoms with van der Waals surface area (Å²) in [5, 5.41) is 0. The molecule has 0 unspecified atom stereocenters. The second kappa shape index (κ2) is 12.3. The summed E-state index contributed by atoms with van der Waals surface area (Å²) in [7, 11) is 0. The summed E-state index contributed by atoms with van der Waals surface area (Å²) >= 11 is 0. The minimum Gasteiger partial charge on any atom is -0.487 e. The van der Waals surface area contributed by atoms with Gasteiger partial charge < -0.3 is 33.2 Å². The first-order valence-corrected chi connectivity index (χ1v) is 11.1. The number of para-hydroxylation sites is 4. The Hall–Kier alpha value is -2.97. The van der Waals surface area contributed by atoms with Gasteiger partial charge in [-0.2, -0.15) is 0 Å². The number of ether oxygens (including phenoxy) is 7. The van der Waals surface area contributed by atoms with Gasteiger partial charge in [-0.05, 0) is 45.0 Å². The molecule has 180 valence electrons. The predicted molar refractivity (Wildman–Crippen MR) is 121 cm³/mol. The minimum atomic E-state index is -0.993. The van der Waals surface area contributed by atoms with E-state index in [9.17, 15) is 4.79 Å². The van der Waals surface area contributed by atoms with E-state index in [0.717, 1.165) is 0 Å². The third-order valence-electron chi connectivity index (χ3n) is 5.17. The molecule has 0 spiro atoms. The molecule has 0 saturated heterocycles. The monoisotopic (exact) mass is 460 g/mol. The van der Waals surface area contributed by atoms with Crippen LogP contribution in [0.2, 0.25) is 0 Å². The van der Waals surface area contributed by atoms with Crippen molar-refractivity contribution in [1.82, 2.24) is 0 Å². The van der Waals surface area contributed by atoms with Crippen LogP contribution in [0.3, 0.4) is 0 Å². The van der Waals surface area contributed by atoms with E-state index in [2.05, 4.69) is 0 Å². The Morgan fingerprint density at radius 3 is 2.06 bits per heavy atom. The fourth-order valence-electron chi connectivity index (χ4n) is 3.12. The number of benzene rings is 2. The molecule has 2 aromatic carbocycles. The number of rotatable bonds is 4. The van der Waals surface area contributed by atoms with Crippen LogP contribution in [0.25, 0.3) is 0 Å². The van der Waals surface area contributed by atoms with Crippen molar-refractivity contribution in [2.24, 2.45) is 0 Å². The zero-order valence-corrected chi connectivity index (χ0v) is 19.4. The SMILES string of the molecule is CCOC(=O)CO[C@]1(C)COc2ccccc2OCCOCCOc2ccccc2O[C@@H]1C.